The first-order valence-electron chi connectivity index (χ1n) is 5.08. The maximum atomic E-state index is 11.7. The van der Waals surface area contributed by atoms with Crippen molar-refractivity contribution in [2.45, 2.75) is 6.42 Å². The zero-order chi connectivity index (χ0) is 11.5. The van der Waals surface area contributed by atoms with Gasteiger partial charge in [-0.15, -0.1) is 0 Å². The van der Waals surface area contributed by atoms with Gasteiger partial charge in [0, 0.05) is 24.7 Å². The Hall–Kier alpha value is -2.02. The van der Waals surface area contributed by atoms with Crippen LogP contribution in [-0.2, 0) is 4.79 Å². The molecule has 1 saturated heterocycles. The smallest absolute Gasteiger partial charge is 0.228 e. The van der Waals surface area contributed by atoms with E-state index in [1.807, 2.05) is 18.2 Å². The highest BCUT2D eigenvalue weighted by molar-refractivity contribution is 5.96. The van der Waals surface area contributed by atoms with Gasteiger partial charge < -0.3 is 9.64 Å². The van der Waals surface area contributed by atoms with E-state index < -0.39 is 0 Å². The molecular weight excluding hydrogens is 204 g/mol. The van der Waals surface area contributed by atoms with Gasteiger partial charge in [-0.1, -0.05) is 6.07 Å². The van der Waals surface area contributed by atoms with E-state index in [-0.39, 0.29) is 11.8 Å². The van der Waals surface area contributed by atoms with Crippen molar-refractivity contribution in [1.82, 2.24) is 0 Å². The van der Waals surface area contributed by atoms with Crippen molar-refractivity contribution in [3.05, 3.63) is 24.3 Å². The van der Waals surface area contributed by atoms with Crippen molar-refractivity contribution in [3.8, 4) is 11.8 Å². The molecular formula is C12H12N2O2. The summed E-state index contributed by atoms with van der Waals surface area (Å²) >= 11 is 0. The number of nitrogens with zero attached hydrogens (tertiary/aromatic N) is 2. The van der Waals surface area contributed by atoms with Crippen LogP contribution in [0.15, 0.2) is 24.3 Å². The van der Waals surface area contributed by atoms with Crippen molar-refractivity contribution in [2.24, 2.45) is 5.92 Å². The van der Waals surface area contributed by atoms with Crippen LogP contribution in [0, 0.1) is 17.2 Å². The molecule has 1 atom stereocenters. The average molecular weight is 216 g/mol. The van der Waals surface area contributed by atoms with E-state index in [4.69, 9.17) is 10.00 Å². The number of ether oxygens (including phenoxy) is 1. The molecule has 0 aliphatic carbocycles. The summed E-state index contributed by atoms with van der Waals surface area (Å²) in [4.78, 5) is 13.3. The molecule has 82 valence electrons. The van der Waals surface area contributed by atoms with Gasteiger partial charge in [0.05, 0.1) is 19.1 Å². The molecule has 0 bridgehead atoms. The molecule has 1 aromatic rings. The van der Waals surface area contributed by atoms with Gasteiger partial charge in [0.1, 0.15) is 5.75 Å². The second-order valence-corrected chi connectivity index (χ2v) is 3.74. The number of rotatable bonds is 2. The predicted octanol–water partition coefficient (Wildman–Crippen LogP) is 1.57. The highest BCUT2D eigenvalue weighted by Gasteiger charge is 2.30. The normalized spacial score (nSPS) is 19.6. The van der Waals surface area contributed by atoms with E-state index in [0.717, 1.165) is 5.69 Å². The number of carbonyl (C=O) groups excluding carboxylic acids is 1. The molecule has 16 heavy (non-hydrogen) atoms. The molecule has 0 spiro atoms. The Bertz CT molecular complexity index is 451. The topological polar surface area (TPSA) is 53.3 Å². The molecule has 1 aliphatic rings. The second-order valence-electron chi connectivity index (χ2n) is 3.74. The van der Waals surface area contributed by atoms with Crippen LogP contribution in [0.3, 0.4) is 0 Å². The van der Waals surface area contributed by atoms with Crippen molar-refractivity contribution < 1.29 is 9.53 Å². The number of anilines is 1. The lowest BCUT2D eigenvalue weighted by Crippen LogP contribution is -2.24. The molecule has 1 fully saturated rings. The van der Waals surface area contributed by atoms with Crippen LogP contribution in [0.2, 0.25) is 0 Å². The van der Waals surface area contributed by atoms with Gasteiger partial charge in [-0.25, -0.2) is 0 Å². The number of nitriles is 1. The van der Waals surface area contributed by atoms with Gasteiger partial charge in [-0.3, -0.25) is 4.79 Å². The lowest BCUT2D eigenvalue weighted by molar-refractivity contribution is -0.117. The lowest BCUT2D eigenvalue weighted by atomic mass is 10.1. The Morgan fingerprint density at radius 1 is 1.56 bits per heavy atom. The van der Waals surface area contributed by atoms with E-state index in [1.54, 1.807) is 18.1 Å². The largest absolute Gasteiger partial charge is 0.497 e. The fraction of sp³-hybridized carbons (Fsp3) is 0.333. The van der Waals surface area contributed by atoms with Gasteiger partial charge >= 0.3 is 0 Å². The number of benzene rings is 1. The summed E-state index contributed by atoms with van der Waals surface area (Å²) in [6.45, 7) is 0.475. The van der Waals surface area contributed by atoms with Crippen molar-refractivity contribution in [2.75, 3.05) is 18.6 Å². The van der Waals surface area contributed by atoms with Crippen molar-refractivity contribution in [3.63, 3.8) is 0 Å². The second kappa shape index (κ2) is 4.23. The number of hydrogen-bond donors (Lipinski definition) is 0. The van der Waals surface area contributed by atoms with Gasteiger partial charge in [0.25, 0.3) is 0 Å². The molecule has 1 heterocycles. The van der Waals surface area contributed by atoms with Gasteiger partial charge in [0.15, 0.2) is 0 Å². The SMILES string of the molecule is COc1cccc(N2CC(C#N)CC2=O)c1. The zero-order valence-corrected chi connectivity index (χ0v) is 9.01. The quantitative estimate of drug-likeness (QED) is 0.754. The first-order valence-corrected chi connectivity index (χ1v) is 5.08. The summed E-state index contributed by atoms with van der Waals surface area (Å²) in [5.41, 5.74) is 0.794. The first-order chi connectivity index (χ1) is 7.74. The summed E-state index contributed by atoms with van der Waals surface area (Å²) in [5.74, 6) is 0.518. The van der Waals surface area contributed by atoms with Crippen molar-refractivity contribution in [1.29, 1.82) is 5.26 Å². The molecule has 1 aromatic carbocycles. The predicted molar refractivity (Wildman–Crippen MR) is 59.1 cm³/mol. The van der Waals surface area contributed by atoms with Crippen LogP contribution in [0.5, 0.6) is 5.75 Å². The zero-order valence-electron chi connectivity index (χ0n) is 9.01. The van der Waals surface area contributed by atoms with Crippen LogP contribution >= 0.6 is 0 Å². The number of methoxy groups -OCH3 is 1. The van der Waals surface area contributed by atoms with Crippen molar-refractivity contribution >= 4 is 11.6 Å². The molecule has 1 unspecified atom stereocenters. The van der Waals surface area contributed by atoms with E-state index >= 15 is 0 Å². The van der Waals surface area contributed by atoms with Crippen LogP contribution in [-0.4, -0.2) is 19.6 Å². The third-order valence-electron chi connectivity index (χ3n) is 2.67. The molecule has 2 rings (SSSR count). The monoisotopic (exact) mass is 216 g/mol. The Morgan fingerprint density at radius 3 is 3.00 bits per heavy atom. The van der Waals surface area contributed by atoms with Gasteiger partial charge in [0.2, 0.25) is 5.91 Å². The van der Waals surface area contributed by atoms with E-state index in [1.165, 1.54) is 0 Å². The summed E-state index contributed by atoms with van der Waals surface area (Å²) in [5, 5.41) is 8.80. The Morgan fingerprint density at radius 2 is 2.38 bits per heavy atom. The summed E-state index contributed by atoms with van der Waals surface area (Å²) < 4.78 is 5.10. The average Bonchev–Trinajstić information content (AvgIpc) is 2.71. The molecule has 0 radical (unpaired) electrons. The van der Waals surface area contributed by atoms with Crippen LogP contribution < -0.4 is 9.64 Å². The third-order valence-corrected chi connectivity index (χ3v) is 2.67. The number of carbonyl (C=O) groups is 1. The third kappa shape index (κ3) is 1.84. The highest BCUT2D eigenvalue weighted by Crippen LogP contribution is 2.27. The van der Waals surface area contributed by atoms with E-state index in [2.05, 4.69) is 6.07 Å². The van der Waals surface area contributed by atoms with Crippen LogP contribution in [0.1, 0.15) is 6.42 Å². The van der Waals surface area contributed by atoms with E-state index in [0.29, 0.717) is 18.7 Å². The molecule has 0 N–H and O–H groups in total. The lowest BCUT2D eigenvalue weighted by Gasteiger charge is -2.16. The fourth-order valence-corrected chi connectivity index (χ4v) is 1.82. The van der Waals surface area contributed by atoms with Gasteiger partial charge in [-0.2, -0.15) is 5.26 Å². The van der Waals surface area contributed by atoms with E-state index in [9.17, 15) is 4.79 Å². The minimum atomic E-state index is -0.196. The Kier molecular flexibility index (Phi) is 2.78. The number of amides is 1. The maximum Gasteiger partial charge on any atom is 0.228 e. The standard InChI is InChI=1S/C12H12N2O2/c1-16-11-4-2-3-10(6-11)14-8-9(7-13)5-12(14)15/h2-4,6,9H,5,8H2,1H3. The first kappa shape index (κ1) is 10.5. The summed E-state index contributed by atoms with van der Waals surface area (Å²) in [6.07, 6.45) is 0.313. The molecule has 0 saturated carbocycles. The number of hydrogen-bond acceptors (Lipinski definition) is 3. The molecule has 1 amide bonds. The minimum absolute atomic E-state index is 0.000182. The summed E-state index contributed by atoms with van der Waals surface area (Å²) in [6, 6.07) is 9.44. The molecule has 4 heteroatoms. The fourth-order valence-electron chi connectivity index (χ4n) is 1.82. The Balaban J connectivity index is 2.24. The molecule has 4 nitrogen and oxygen atoms in total. The maximum absolute atomic E-state index is 11.7. The van der Waals surface area contributed by atoms with Crippen LogP contribution in [0.4, 0.5) is 5.69 Å². The molecule has 0 aromatic heterocycles. The molecule has 1 aliphatic heterocycles. The minimum Gasteiger partial charge on any atom is -0.497 e. The van der Waals surface area contributed by atoms with Gasteiger partial charge in [-0.05, 0) is 12.1 Å². The summed E-state index contributed by atoms with van der Waals surface area (Å²) in [7, 11) is 1.59. The van der Waals surface area contributed by atoms with Crippen LogP contribution in [0.25, 0.3) is 0 Å². The highest BCUT2D eigenvalue weighted by atomic mass is 16.5. The Labute approximate surface area is 94.0 Å².